The van der Waals surface area contributed by atoms with Crippen molar-refractivity contribution in [3.05, 3.63) is 50.2 Å². The summed E-state index contributed by atoms with van der Waals surface area (Å²) in [5, 5.41) is 5.06. The molecule has 6 heteroatoms. The fraction of sp³-hybridized carbons (Fsp3) is 0.368. The molecule has 0 saturated heterocycles. The summed E-state index contributed by atoms with van der Waals surface area (Å²) < 4.78 is 2.36. The van der Waals surface area contributed by atoms with E-state index in [2.05, 4.69) is 52.4 Å². The molecule has 0 N–H and O–H groups in total. The molecule has 0 spiro atoms. The van der Waals surface area contributed by atoms with Crippen molar-refractivity contribution in [1.29, 1.82) is 0 Å². The van der Waals surface area contributed by atoms with E-state index in [1.807, 2.05) is 11.3 Å². The Morgan fingerprint density at radius 2 is 2.08 bits per heavy atom. The third-order valence-electron chi connectivity index (χ3n) is 4.36. The smallest absolute Gasteiger partial charge is 0.228 e. The largest absolute Gasteiger partial charge is 0.348 e. The van der Waals surface area contributed by atoms with Crippen LogP contribution in [0.25, 0.3) is 11.3 Å². The Bertz CT molecular complexity index is 860. The molecule has 1 amide bonds. The molecule has 0 atom stereocenters. The van der Waals surface area contributed by atoms with Crippen LogP contribution in [0.3, 0.4) is 0 Å². The number of carbonyl (C=O) groups is 1. The molecule has 0 radical (unpaired) electrons. The quantitative estimate of drug-likeness (QED) is 0.651. The fourth-order valence-electron chi connectivity index (χ4n) is 2.88. The van der Waals surface area contributed by atoms with E-state index in [0.29, 0.717) is 6.42 Å². The number of amides is 1. The number of aryl methyl sites for hydroxylation is 2. The van der Waals surface area contributed by atoms with Gasteiger partial charge in [-0.25, -0.2) is 4.98 Å². The molecular weight excluding hydrogens is 350 g/mol. The summed E-state index contributed by atoms with van der Waals surface area (Å²) in [6.07, 6.45) is 1.42. The van der Waals surface area contributed by atoms with E-state index in [-0.39, 0.29) is 5.91 Å². The van der Waals surface area contributed by atoms with Crippen molar-refractivity contribution in [3.63, 3.8) is 0 Å². The molecule has 0 aliphatic carbocycles. The first-order valence-electron chi connectivity index (χ1n) is 8.29. The monoisotopic (exact) mass is 373 g/mol. The van der Waals surface area contributed by atoms with E-state index < -0.39 is 0 Å². The minimum Gasteiger partial charge on any atom is -0.348 e. The molecule has 3 aromatic heterocycles. The van der Waals surface area contributed by atoms with E-state index >= 15 is 0 Å². The van der Waals surface area contributed by atoms with Crippen molar-refractivity contribution < 1.29 is 4.79 Å². The number of rotatable bonds is 6. The van der Waals surface area contributed by atoms with Crippen LogP contribution in [-0.2, 0) is 24.2 Å². The number of nitrogens with zero attached hydrogens (tertiary/aromatic N) is 3. The Morgan fingerprint density at radius 1 is 1.28 bits per heavy atom. The Balaban J connectivity index is 1.78. The lowest BCUT2D eigenvalue weighted by molar-refractivity contribution is -0.127. The number of aromatic nitrogens is 2. The Hall–Kier alpha value is -1.92. The zero-order valence-corrected chi connectivity index (χ0v) is 16.7. The second-order valence-electron chi connectivity index (χ2n) is 6.36. The first-order chi connectivity index (χ1) is 12.0. The zero-order chi connectivity index (χ0) is 18.0. The van der Waals surface area contributed by atoms with Crippen LogP contribution in [-0.4, -0.2) is 34.5 Å². The molecule has 3 heterocycles. The molecule has 0 saturated carbocycles. The zero-order valence-electron chi connectivity index (χ0n) is 15.1. The summed E-state index contributed by atoms with van der Waals surface area (Å²) in [7, 11) is 3.55. The molecular formula is C19H23N3OS2. The highest BCUT2D eigenvalue weighted by Gasteiger charge is 2.15. The van der Waals surface area contributed by atoms with Gasteiger partial charge in [0, 0.05) is 47.8 Å². The first-order valence-corrected chi connectivity index (χ1v) is 10.1. The van der Waals surface area contributed by atoms with Crippen LogP contribution in [0.1, 0.15) is 21.3 Å². The van der Waals surface area contributed by atoms with Crippen LogP contribution >= 0.6 is 22.7 Å². The molecule has 3 aromatic rings. The number of thiazole rings is 1. The van der Waals surface area contributed by atoms with Crippen LogP contribution in [0.15, 0.2) is 29.0 Å². The summed E-state index contributed by atoms with van der Waals surface area (Å²) in [5.74, 6) is 0.0855. The van der Waals surface area contributed by atoms with Gasteiger partial charge in [0.05, 0.1) is 12.1 Å². The van der Waals surface area contributed by atoms with Gasteiger partial charge in [0.25, 0.3) is 0 Å². The molecule has 0 fully saturated rings. The molecule has 0 unspecified atom stereocenters. The highest BCUT2D eigenvalue weighted by Crippen LogP contribution is 2.29. The molecule has 0 aromatic carbocycles. The first kappa shape index (κ1) is 17.9. The lowest BCUT2D eigenvalue weighted by Gasteiger charge is -2.09. The standard InChI is InChI=1S/C19H23N3OS2/c1-13-10-16(14(2)22(13)8-7-15-6-5-9-24-15)17-12-25-18(20-17)11-19(23)21(3)4/h5-6,9-10,12H,7-8,11H2,1-4H3. The maximum Gasteiger partial charge on any atom is 0.228 e. The van der Waals surface area contributed by atoms with E-state index in [9.17, 15) is 4.79 Å². The number of thiophene rings is 1. The summed E-state index contributed by atoms with van der Waals surface area (Å²) in [6, 6.07) is 6.50. The summed E-state index contributed by atoms with van der Waals surface area (Å²) >= 11 is 3.37. The molecule has 0 bridgehead atoms. The van der Waals surface area contributed by atoms with Gasteiger partial charge < -0.3 is 9.47 Å². The number of hydrogen-bond acceptors (Lipinski definition) is 4. The van der Waals surface area contributed by atoms with Crippen LogP contribution in [0.4, 0.5) is 0 Å². The molecule has 0 aliphatic rings. The Kier molecular flexibility index (Phi) is 5.39. The predicted octanol–water partition coefficient (Wildman–Crippen LogP) is 4.16. The number of likely N-dealkylation sites (N-methyl/N-ethyl adjacent to an activating group) is 1. The van der Waals surface area contributed by atoms with Crippen molar-refractivity contribution >= 4 is 28.6 Å². The molecule has 132 valence electrons. The topological polar surface area (TPSA) is 38.1 Å². The van der Waals surface area contributed by atoms with Crippen molar-refractivity contribution in [2.75, 3.05) is 14.1 Å². The normalized spacial score (nSPS) is 11.0. The highest BCUT2D eigenvalue weighted by molar-refractivity contribution is 7.10. The van der Waals surface area contributed by atoms with Gasteiger partial charge in [-0.3, -0.25) is 4.79 Å². The fourth-order valence-corrected chi connectivity index (χ4v) is 4.37. The van der Waals surface area contributed by atoms with Crippen LogP contribution in [0.5, 0.6) is 0 Å². The Labute approximate surface area is 156 Å². The maximum atomic E-state index is 11.9. The van der Waals surface area contributed by atoms with E-state index in [4.69, 9.17) is 0 Å². The Morgan fingerprint density at radius 3 is 2.76 bits per heavy atom. The predicted molar refractivity (Wildman–Crippen MR) is 105 cm³/mol. The van der Waals surface area contributed by atoms with Crippen LogP contribution < -0.4 is 0 Å². The van der Waals surface area contributed by atoms with E-state index in [1.165, 1.54) is 21.8 Å². The van der Waals surface area contributed by atoms with Crippen LogP contribution in [0.2, 0.25) is 0 Å². The second kappa shape index (κ2) is 7.54. The lowest BCUT2D eigenvalue weighted by Crippen LogP contribution is -2.23. The average Bonchev–Trinajstić information content (AvgIpc) is 3.28. The van der Waals surface area contributed by atoms with Gasteiger partial charge in [-0.2, -0.15) is 0 Å². The lowest BCUT2D eigenvalue weighted by atomic mass is 10.2. The third-order valence-corrected chi connectivity index (χ3v) is 6.15. The number of carbonyl (C=O) groups excluding carboxylic acids is 1. The SMILES string of the molecule is Cc1cc(-c2csc(CC(=O)N(C)C)n2)c(C)n1CCc1cccs1. The van der Waals surface area contributed by atoms with Crippen molar-refractivity contribution in [3.8, 4) is 11.3 Å². The van der Waals surface area contributed by atoms with Gasteiger partial charge in [-0.05, 0) is 37.8 Å². The summed E-state index contributed by atoms with van der Waals surface area (Å²) in [5.41, 5.74) is 4.64. The van der Waals surface area contributed by atoms with Gasteiger partial charge in [0.15, 0.2) is 0 Å². The van der Waals surface area contributed by atoms with Gasteiger partial charge in [0.2, 0.25) is 5.91 Å². The van der Waals surface area contributed by atoms with Crippen molar-refractivity contribution in [2.45, 2.75) is 33.2 Å². The minimum atomic E-state index is 0.0855. The van der Waals surface area contributed by atoms with Gasteiger partial charge in [-0.1, -0.05) is 6.07 Å². The van der Waals surface area contributed by atoms with E-state index in [1.54, 1.807) is 30.3 Å². The summed E-state index contributed by atoms with van der Waals surface area (Å²) in [4.78, 5) is 19.6. The van der Waals surface area contributed by atoms with Crippen molar-refractivity contribution in [2.24, 2.45) is 0 Å². The molecule has 0 aliphatic heterocycles. The van der Waals surface area contributed by atoms with Gasteiger partial charge >= 0.3 is 0 Å². The van der Waals surface area contributed by atoms with Gasteiger partial charge in [0.1, 0.15) is 5.01 Å². The highest BCUT2D eigenvalue weighted by atomic mass is 32.1. The average molecular weight is 374 g/mol. The molecule has 3 rings (SSSR count). The minimum absolute atomic E-state index is 0.0855. The van der Waals surface area contributed by atoms with Crippen LogP contribution in [0, 0.1) is 13.8 Å². The van der Waals surface area contributed by atoms with Crippen molar-refractivity contribution in [1.82, 2.24) is 14.5 Å². The second-order valence-corrected chi connectivity index (χ2v) is 8.33. The maximum absolute atomic E-state index is 11.9. The van der Waals surface area contributed by atoms with E-state index in [0.717, 1.165) is 23.7 Å². The molecule has 4 nitrogen and oxygen atoms in total. The summed E-state index contributed by atoms with van der Waals surface area (Å²) in [6.45, 7) is 5.28. The third kappa shape index (κ3) is 4.02. The number of hydrogen-bond donors (Lipinski definition) is 0. The molecule has 25 heavy (non-hydrogen) atoms. The van der Waals surface area contributed by atoms with Gasteiger partial charge in [-0.15, -0.1) is 22.7 Å².